The Balaban J connectivity index is 2.14. The van der Waals surface area contributed by atoms with E-state index >= 15 is 0 Å². The zero-order valence-corrected chi connectivity index (χ0v) is 17.4. The predicted octanol–water partition coefficient (Wildman–Crippen LogP) is 2.69. The number of amides is 1. The number of nitrogens with one attached hydrogen (secondary N) is 2. The van der Waals surface area contributed by atoms with Gasteiger partial charge in [-0.15, -0.1) is 0 Å². The fourth-order valence-electron chi connectivity index (χ4n) is 2.50. The van der Waals surface area contributed by atoms with Gasteiger partial charge in [0.1, 0.15) is 5.82 Å². The van der Waals surface area contributed by atoms with Crippen LogP contribution in [0.3, 0.4) is 0 Å². The molecular formula is C18H30N6O2S. The van der Waals surface area contributed by atoms with Crippen LogP contribution in [0, 0.1) is 0 Å². The summed E-state index contributed by atoms with van der Waals surface area (Å²) in [6.45, 7) is 8.65. The summed E-state index contributed by atoms with van der Waals surface area (Å²) < 4.78 is 6.93. The Morgan fingerprint density at radius 1 is 1.33 bits per heavy atom. The van der Waals surface area contributed by atoms with Gasteiger partial charge in [-0.05, 0) is 6.42 Å². The van der Waals surface area contributed by atoms with Crippen LogP contribution in [0.15, 0.2) is 11.4 Å². The van der Waals surface area contributed by atoms with Gasteiger partial charge in [-0.1, -0.05) is 39.0 Å². The van der Waals surface area contributed by atoms with Crippen LogP contribution in [-0.2, 0) is 16.1 Å². The number of ether oxygens (including phenoxy) is 1. The van der Waals surface area contributed by atoms with Crippen LogP contribution in [0.1, 0.15) is 40.0 Å². The first-order valence-electron chi connectivity index (χ1n) is 9.44. The monoisotopic (exact) mass is 394 g/mol. The van der Waals surface area contributed by atoms with E-state index in [0.29, 0.717) is 43.1 Å². The Labute approximate surface area is 164 Å². The molecule has 0 bridgehead atoms. The highest BCUT2D eigenvalue weighted by molar-refractivity contribution is 7.99. The van der Waals surface area contributed by atoms with Gasteiger partial charge in [0.25, 0.3) is 0 Å². The lowest BCUT2D eigenvalue weighted by atomic mass is 10.2. The molecule has 2 aromatic rings. The third-order valence-corrected chi connectivity index (χ3v) is 4.68. The molecule has 150 valence electrons. The maximum atomic E-state index is 11.8. The van der Waals surface area contributed by atoms with Gasteiger partial charge in [0.2, 0.25) is 5.91 Å². The lowest BCUT2D eigenvalue weighted by molar-refractivity contribution is -0.121. The molecule has 9 heteroatoms. The number of carbonyl (C=O) groups is 1. The van der Waals surface area contributed by atoms with Crippen LogP contribution >= 0.6 is 11.8 Å². The van der Waals surface area contributed by atoms with E-state index in [2.05, 4.69) is 46.5 Å². The Morgan fingerprint density at radius 2 is 2.15 bits per heavy atom. The third-order valence-electron chi connectivity index (χ3n) is 3.82. The molecule has 0 saturated carbocycles. The quantitative estimate of drug-likeness (QED) is 0.325. The van der Waals surface area contributed by atoms with E-state index < -0.39 is 0 Å². The number of fused-ring (bicyclic) bond motifs is 1. The first kappa shape index (κ1) is 21.4. The Morgan fingerprint density at radius 3 is 2.85 bits per heavy atom. The van der Waals surface area contributed by atoms with Crippen LogP contribution in [-0.4, -0.2) is 57.7 Å². The van der Waals surface area contributed by atoms with Crippen molar-refractivity contribution in [3.8, 4) is 0 Å². The molecule has 0 aliphatic rings. The number of methoxy groups -OCH3 is 1. The second-order valence-electron chi connectivity index (χ2n) is 6.50. The van der Waals surface area contributed by atoms with Crippen molar-refractivity contribution >= 4 is 34.5 Å². The summed E-state index contributed by atoms with van der Waals surface area (Å²) in [4.78, 5) is 21.1. The second kappa shape index (κ2) is 11.1. The largest absolute Gasteiger partial charge is 0.383 e. The molecule has 0 aromatic carbocycles. The molecule has 8 nitrogen and oxygen atoms in total. The second-order valence-corrected chi connectivity index (χ2v) is 8.04. The summed E-state index contributed by atoms with van der Waals surface area (Å²) in [5.74, 6) is 0.847. The van der Waals surface area contributed by atoms with Gasteiger partial charge < -0.3 is 15.4 Å². The van der Waals surface area contributed by atoms with Crippen LogP contribution in [0.4, 0.5) is 5.82 Å². The molecular weight excluding hydrogens is 364 g/mol. The highest BCUT2D eigenvalue weighted by Crippen LogP contribution is 2.26. The number of nitrogens with zero attached hydrogens (tertiary/aromatic N) is 4. The molecule has 27 heavy (non-hydrogen) atoms. The van der Waals surface area contributed by atoms with E-state index in [0.717, 1.165) is 29.7 Å². The standard InChI is InChI=1S/C18H30N6O2S/c1-5-6-7-15(25)19-8-10-24-17-14(12-21-24)16(20-9-11-26-4)22-18(23-17)27-13(2)3/h12-13H,5-11H2,1-4H3,(H,19,25)(H,20,22,23). The SMILES string of the molecule is CCCCC(=O)NCCn1ncc2c(NCCOC)nc(SC(C)C)nc21. The lowest BCUT2D eigenvalue weighted by Crippen LogP contribution is -2.27. The van der Waals surface area contributed by atoms with Gasteiger partial charge >= 0.3 is 0 Å². The molecule has 0 unspecified atom stereocenters. The summed E-state index contributed by atoms with van der Waals surface area (Å²) in [6.07, 6.45) is 4.27. The average molecular weight is 395 g/mol. The van der Waals surface area contributed by atoms with Gasteiger partial charge in [-0.2, -0.15) is 5.10 Å². The van der Waals surface area contributed by atoms with E-state index in [1.807, 2.05) is 4.68 Å². The topological polar surface area (TPSA) is 94.0 Å². The van der Waals surface area contributed by atoms with Crippen molar-refractivity contribution in [3.05, 3.63) is 6.20 Å². The molecule has 0 spiro atoms. The summed E-state index contributed by atoms with van der Waals surface area (Å²) in [5, 5.41) is 12.7. The van der Waals surface area contributed by atoms with Gasteiger partial charge in [-0.25, -0.2) is 14.6 Å². The number of rotatable bonds is 12. The van der Waals surface area contributed by atoms with Crippen LogP contribution in [0.2, 0.25) is 0 Å². The number of hydrogen-bond acceptors (Lipinski definition) is 7. The molecule has 2 rings (SSSR count). The van der Waals surface area contributed by atoms with Crippen molar-refractivity contribution in [2.24, 2.45) is 0 Å². The fraction of sp³-hybridized carbons (Fsp3) is 0.667. The molecule has 0 fully saturated rings. The maximum absolute atomic E-state index is 11.8. The van der Waals surface area contributed by atoms with Crippen molar-refractivity contribution in [2.75, 3.05) is 32.1 Å². The number of hydrogen-bond donors (Lipinski definition) is 2. The number of anilines is 1. The molecule has 2 heterocycles. The molecule has 0 atom stereocenters. The van der Waals surface area contributed by atoms with Crippen LogP contribution in [0.5, 0.6) is 0 Å². The first-order valence-corrected chi connectivity index (χ1v) is 10.3. The Kier molecular flexibility index (Phi) is 8.80. The van der Waals surface area contributed by atoms with Crippen molar-refractivity contribution < 1.29 is 9.53 Å². The van der Waals surface area contributed by atoms with Gasteiger partial charge in [0.15, 0.2) is 10.8 Å². The van der Waals surface area contributed by atoms with E-state index in [1.165, 1.54) is 0 Å². The smallest absolute Gasteiger partial charge is 0.220 e. The minimum atomic E-state index is 0.0842. The van der Waals surface area contributed by atoms with E-state index in [1.54, 1.807) is 25.1 Å². The van der Waals surface area contributed by atoms with E-state index in [9.17, 15) is 4.79 Å². The molecule has 0 aliphatic carbocycles. The zero-order chi connectivity index (χ0) is 19.6. The molecule has 1 amide bonds. The third kappa shape index (κ3) is 6.66. The van der Waals surface area contributed by atoms with Gasteiger partial charge in [-0.3, -0.25) is 4.79 Å². The van der Waals surface area contributed by atoms with E-state index in [4.69, 9.17) is 4.74 Å². The van der Waals surface area contributed by atoms with Crippen LogP contribution < -0.4 is 10.6 Å². The van der Waals surface area contributed by atoms with Crippen LogP contribution in [0.25, 0.3) is 11.0 Å². The maximum Gasteiger partial charge on any atom is 0.220 e. The number of carbonyl (C=O) groups excluding carboxylic acids is 1. The first-order chi connectivity index (χ1) is 13.0. The number of aromatic nitrogens is 4. The van der Waals surface area contributed by atoms with Crippen molar-refractivity contribution in [1.82, 2.24) is 25.1 Å². The zero-order valence-electron chi connectivity index (χ0n) is 16.6. The minimum Gasteiger partial charge on any atom is -0.383 e. The molecule has 0 aliphatic heterocycles. The molecule has 2 aromatic heterocycles. The Hall–Kier alpha value is -1.87. The molecule has 2 N–H and O–H groups in total. The van der Waals surface area contributed by atoms with Crippen molar-refractivity contribution in [2.45, 2.75) is 57.0 Å². The van der Waals surface area contributed by atoms with Gasteiger partial charge in [0.05, 0.1) is 24.7 Å². The summed E-state index contributed by atoms with van der Waals surface area (Å²) >= 11 is 1.61. The molecule has 0 saturated heterocycles. The predicted molar refractivity (Wildman–Crippen MR) is 109 cm³/mol. The summed E-state index contributed by atoms with van der Waals surface area (Å²) in [6, 6.07) is 0. The van der Waals surface area contributed by atoms with E-state index in [-0.39, 0.29) is 5.91 Å². The molecule has 0 radical (unpaired) electrons. The normalized spacial score (nSPS) is 11.3. The number of thioether (sulfide) groups is 1. The minimum absolute atomic E-state index is 0.0842. The van der Waals surface area contributed by atoms with Crippen molar-refractivity contribution in [1.29, 1.82) is 0 Å². The fourth-order valence-corrected chi connectivity index (χ4v) is 3.20. The summed E-state index contributed by atoms with van der Waals surface area (Å²) in [7, 11) is 1.67. The highest BCUT2D eigenvalue weighted by atomic mass is 32.2. The highest BCUT2D eigenvalue weighted by Gasteiger charge is 2.14. The van der Waals surface area contributed by atoms with Crippen molar-refractivity contribution in [3.63, 3.8) is 0 Å². The Bertz CT molecular complexity index is 734. The summed E-state index contributed by atoms with van der Waals surface area (Å²) in [5.41, 5.74) is 0.774. The number of unbranched alkanes of at least 4 members (excludes halogenated alkanes) is 1. The van der Waals surface area contributed by atoms with Gasteiger partial charge in [0, 0.05) is 31.9 Å². The lowest BCUT2D eigenvalue weighted by Gasteiger charge is -2.10. The average Bonchev–Trinajstić information content (AvgIpc) is 3.03.